The summed E-state index contributed by atoms with van der Waals surface area (Å²) in [5, 5.41) is 3.16. The van der Waals surface area contributed by atoms with Gasteiger partial charge in [0.05, 0.1) is 11.9 Å². The maximum absolute atomic E-state index is 12.3. The number of hydrogen-bond acceptors (Lipinski definition) is 3. The summed E-state index contributed by atoms with van der Waals surface area (Å²) >= 11 is 0. The minimum absolute atomic E-state index is 0.0166. The highest BCUT2D eigenvalue weighted by molar-refractivity contribution is 5.92. The van der Waals surface area contributed by atoms with Gasteiger partial charge >= 0.3 is 0 Å². The van der Waals surface area contributed by atoms with Crippen molar-refractivity contribution in [2.45, 2.75) is 63.8 Å². The van der Waals surface area contributed by atoms with Crippen molar-refractivity contribution < 1.29 is 4.79 Å². The SMILES string of the molecule is O=C(NC1CCCCCC1)c1ccc(N2CCCCC2)cn1. The first-order chi connectivity index (χ1) is 10.8. The summed E-state index contributed by atoms with van der Waals surface area (Å²) in [5.74, 6) is -0.0166. The molecule has 0 bridgehead atoms. The van der Waals surface area contributed by atoms with E-state index in [-0.39, 0.29) is 5.91 Å². The molecule has 120 valence electrons. The summed E-state index contributed by atoms with van der Waals surface area (Å²) in [4.78, 5) is 19.1. The largest absolute Gasteiger partial charge is 0.370 e. The molecule has 1 saturated heterocycles. The van der Waals surface area contributed by atoms with Crippen LogP contribution in [0.5, 0.6) is 0 Å². The summed E-state index contributed by atoms with van der Waals surface area (Å²) < 4.78 is 0. The predicted molar refractivity (Wildman–Crippen MR) is 89.3 cm³/mol. The van der Waals surface area contributed by atoms with Crippen molar-refractivity contribution >= 4 is 11.6 Å². The minimum Gasteiger partial charge on any atom is -0.370 e. The lowest BCUT2D eigenvalue weighted by Crippen LogP contribution is -2.35. The molecule has 2 aliphatic rings. The Morgan fingerprint density at radius 3 is 2.32 bits per heavy atom. The highest BCUT2D eigenvalue weighted by atomic mass is 16.1. The molecule has 2 fully saturated rings. The zero-order valence-corrected chi connectivity index (χ0v) is 13.4. The van der Waals surface area contributed by atoms with Gasteiger partial charge in [-0.1, -0.05) is 25.7 Å². The molecule has 1 aromatic heterocycles. The van der Waals surface area contributed by atoms with Gasteiger partial charge < -0.3 is 10.2 Å². The van der Waals surface area contributed by atoms with Crippen LogP contribution in [0.3, 0.4) is 0 Å². The topological polar surface area (TPSA) is 45.2 Å². The van der Waals surface area contributed by atoms with Crippen LogP contribution in [-0.4, -0.2) is 30.0 Å². The summed E-state index contributed by atoms with van der Waals surface area (Å²) in [5.41, 5.74) is 1.69. The molecule has 0 radical (unpaired) electrons. The van der Waals surface area contributed by atoms with E-state index in [0.29, 0.717) is 11.7 Å². The van der Waals surface area contributed by atoms with Crippen molar-refractivity contribution in [2.24, 2.45) is 0 Å². The molecule has 4 nitrogen and oxygen atoms in total. The average Bonchev–Trinajstić information content (AvgIpc) is 2.84. The molecule has 0 spiro atoms. The second-order valence-corrected chi connectivity index (χ2v) is 6.61. The second-order valence-electron chi connectivity index (χ2n) is 6.61. The van der Waals surface area contributed by atoms with E-state index in [2.05, 4.69) is 15.2 Å². The number of nitrogens with zero attached hydrogens (tertiary/aromatic N) is 2. The van der Waals surface area contributed by atoms with Gasteiger partial charge in [-0.2, -0.15) is 0 Å². The zero-order chi connectivity index (χ0) is 15.2. The summed E-state index contributed by atoms with van der Waals surface area (Å²) in [6, 6.07) is 4.25. The summed E-state index contributed by atoms with van der Waals surface area (Å²) in [6.07, 6.45) is 13.0. The first kappa shape index (κ1) is 15.3. The fraction of sp³-hybridized carbons (Fsp3) is 0.667. The third kappa shape index (κ3) is 3.99. The van der Waals surface area contributed by atoms with Gasteiger partial charge in [0.1, 0.15) is 5.69 Å². The van der Waals surface area contributed by atoms with Crippen LogP contribution in [0, 0.1) is 0 Å². The van der Waals surface area contributed by atoms with Gasteiger partial charge in [-0.05, 0) is 44.2 Å². The molecule has 1 aliphatic carbocycles. The third-order valence-corrected chi connectivity index (χ3v) is 4.89. The molecule has 1 N–H and O–H groups in total. The van der Waals surface area contributed by atoms with Gasteiger partial charge in [-0.3, -0.25) is 4.79 Å². The van der Waals surface area contributed by atoms with Crippen LogP contribution in [0.15, 0.2) is 18.3 Å². The lowest BCUT2D eigenvalue weighted by molar-refractivity contribution is 0.0928. The van der Waals surface area contributed by atoms with Gasteiger partial charge in [0.2, 0.25) is 0 Å². The number of anilines is 1. The van der Waals surface area contributed by atoms with E-state index in [4.69, 9.17) is 0 Å². The van der Waals surface area contributed by atoms with Crippen LogP contribution in [0.4, 0.5) is 5.69 Å². The Balaban J connectivity index is 1.58. The molecule has 3 rings (SSSR count). The molecule has 4 heteroatoms. The van der Waals surface area contributed by atoms with E-state index in [9.17, 15) is 4.79 Å². The Hall–Kier alpha value is -1.58. The Morgan fingerprint density at radius 2 is 1.68 bits per heavy atom. The molecule has 1 saturated carbocycles. The van der Waals surface area contributed by atoms with Gasteiger partial charge in [0.15, 0.2) is 0 Å². The number of rotatable bonds is 3. The Kier molecular flexibility index (Phi) is 5.30. The van der Waals surface area contributed by atoms with Crippen LogP contribution < -0.4 is 10.2 Å². The molecular formula is C18H27N3O. The first-order valence-corrected chi connectivity index (χ1v) is 8.85. The quantitative estimate of drug-likeness (QED) is 0.869. The van der Waals surface area contributed by atoms with Crippen molar-refractivity contribution in [3.05, 3.63) is 24.0 Å². The van der Waals surface area contributed by atoms with Crippen molar-refractivity contribution in [1.82, 2.24) is 10.3 Å². The smallest absolute Gasteiger partial charge is 0.270 e. The van der Waals surface area contributed by atoms with E-state index in [1.165, 1.54) is 44.9 Å². The molecule has 1 amide bonds. The van der Waals surface area contributed by atoms with E-state index in [1.54, 1.807) is 0 Å². The average molecular weight is 301 g/mol. The molecule has 22 heavy (non-hydrogen) atoms. The molecule has 0 unspecified atom stereocenters. The molecule has 1 aliphatic heterocycles. The van der Waals surface area contributed by atoms with E-state index in [1.807, 2.05) is 18.3 Å². The molecule has 0 aromatic carbocycles. The van der Waals surface area contributed by atoms with Crippen LogP contribution in [0.25, 0.3) is 0 Å². The standard InChI is InChI=1S/C18H27N3O/c22-18(20-15-8-4-1-2-5-9-15)17-11-10-16(14-19-17)21-12-6-3-7-13-21/h10-11,14-15H,1-9,12-13H2,(H,20,22). The van der Waals surface area contributed by atoms with E-state index >= 15 is 0 Å². The Labute approximate surface area is 133 Å². The predicted octanol–water partition coefficient (Wildman–Crippen LogP) is 3.52. The molecule has 0 atom stereocenters. The van der Waals surface area contributed by atoms with Crippen LogP contribution >= 0.6 is 0 Å². The summed E-state index contributed by atoms with van der Waals surface area (Å²) in [7, 11) is 0. The number of pyridine rings is 1. The van der Waals surface area contributed by atoms with Crippen LogP contribution in [-0.2, 0) is 0 Å². The number of amides is 1. The number of nitrogens with one attached hydrogen (secondary N) is 1. The maximum Gasteiger partial charge on any atom is 0.270 e. The van der Waals surface area contributed by atoms with E-state index in [0.717, 1.165) is 31.6 Å². The number of carbonyl (C=O) groups is 1. The number of carbonyl (C=O) groups excluding carboxylic acids is 1. The molecule has 2 heterocycles. The lowest BCUT2D eigenvalue weighted by atomic mass is 10.1. The van der Waals surface area contributed by atoms with Crippen LogP contribution in [0.1, 0.15) is 68.3 Å². The fourth-order valence-corrected chi connectivity index (χ4v) is 3.54. The number of piperidine rings is 1. The van der Waals surface area contributed by atoms with Crippen molar-refractivity contribution in [2.75, 3.05) is 18.0 Å². The minimum atomic E-state index is -0.0166. The van der Waals surface area contributed by atoms with Crippen LogP contribution in [0.2, 0.25) is 0 Å². The van der Waals surface area contributed by atoms with Crippen molar-refractivity contribution in [3.8, 4) is 0 Å². The van der Waals surface area contributed by atoms with Gasteiger partial charge in [0.25, 0.3) is 5.91 Å². The molecular weight excluding hydrogens is 274 g/mol. The normalized spacial score (nSPS) is 20.5. The fourth-order valence-electron chi connectivity index (χ4n) is 3.54. The maximum atomic E-state index is 12.3. The van der Waals surface area contributed by atoms with Crippen molar-refractivity contribution in [1.29, 1.82) is 0 Å². The Bertz CT molecular complexity index is 472. The number of aromatic nitrogens is 1. The molecule has 1 aromatic rings. The third-order valence-electron chi connectivity index (χ3n) is 4.89. The first-order valence-electron chi connectivity index (χ1n) is 8.85. The highest BCUT2D eigenvalue weighted by Crippen LogP contribution is 2.20. The van der Waals surface area contributed by atoms with Crippen molar-refractivity contribution in [3.63, 3.8) is 0 Å². The van der Waals surface area contributed by atoms with Gasteiger partial charge in [-0.25, -0.2) is 4.98 Å². The van der Waals surface area contributed by atoms with Gasteiger partial charge in [0, 0.05) is 19.1 Å². The lowest BCUT2D eigenvalue weighted by Gasteiger charge is -2.28. The monoisotopic (exact) mass is 301 g/mol. The highest BCUT2D eigenvalue weighted by Gasteiger charge is 2.17. The number of hydrogen-bond donors (Lipinski definition) is 1. The van der Waals surface area contributed by atoms with Gasteiger partial charge in [-0.15, -0.1) is 0 Å². The second kappa shape index (κ2) is 7.61. The summed E-state index contributed by atoms with van der Waals surface area (Å²) in [6.45, 7) is 2.21. The Morgan fingerprint density at radius 1 is 1.00 bits per heavy atom. The zero-order valence-electron chi connectivity index (χ0n) is 13.4. The van der Waals surface area contributed by atoms with E-state index < -0.39 is 0 Å².